The van der Waals surface area contributed by atoms with Crippen LogP contribution >= 0.6 is 0 Å². The average Bonchev–Trinajstić information content (AvgIpc) is 2.89. The van der Waals surface area contributed by atoms with Crippen LogP contribution in [-0.2, 0) is 13.1 Å². The Morgan fingerprint density at radius 2 is 0.971 bits per heavy atom. The van der Waals surface area contributed by atoms with Gasteiger partial charge in [-0.2, -0.15) is 0 Å². The third-order valence-corrected chi connectivity index (χ3v) is 5.39. The topological polar surface area (TPSA) is 86.8 Å². The van der Waals surface area contributed by atoms with E-state index in [4.69, 9.17) is 28.9 Å². The first kappa shape index (κ1) is 23.0. The SMILES string of the molecule is COc1ccc(CNc2nc3ccccc3nc2NCc2ccc(OC)c(OC)c2)cc1OC. The van der Waals surface area contributed by atoms with E-state index in [1.54, 1.807) is 28.4 Å². The van der Waals surface area contributed by atoms with Gasteiger partial charge in [0.1, 0.15) is 0 Å². The molecule has 4 aromatic rings. The second kappa shape index (κ2) is 10.6. The van der Waals surface area contributed by atoms with Gasteiger partial charge in [-0.15, -0.1) is 0 Å². The van der Waals surface area contributed by atoms with E-state index in [2.05, 4.69) is 10.6 Å². The Kier molecular flexibility index (Phi) is 7.17. The summed E-state index contributed by atoms with van der Waals surface area (Å²) >= 11 is 0. The minimum atomic E-state index is 0.540. The zero-order valence-corrected chi connectivity index (χ0v) is 19.7. The normalized spacial score (nSPS) is 10.6. The van der Waals surface area contributed by atoms with E-state index < -0.39 is 0 Å². The van der Waals surface area contributed by atoms with Crippen LogP contribution in [0, 0.1) is 0 Å². The molecule has 0 bridgehead atoms. The number of hydrogen-bond acceptors (Lipinski definition) is 8. The molecule has 8 heteroatoms. The molecule has 0 saturated carbocycles. The molecule has 0 spiro atoms. The molecule has 2 N–H and O–H groups in total. The Hall–Kier alpha value is -4.20. The van der Waals surface area contributed by atoms with Gasteiger partial charge in [0.05, 0.1) is 39.5 Å². The van der Waals surface area contributed by atoms with Gasteiger partial charge in [-0.05, 0) is 47.5 Å². The lowest BCUT2D eigenvalue weighted by Crippen LogP contribution is -2.09. The van der Waals surface area contributed by atoms with Gasteiger partial charge in [-0.3, -0.25) is 0 Å². The first-order valence-corrected chi connectivity index (χ1v) is 10.8. The molecule has 0 aliphatic heterocycles. The van der Waals surface area contributed by atoms with Crippen molar-refractivity contribution < 1.29 is 18.9 Å². The van der Waals surface area contributed by atoms with Gasteiger partial charge in [0, 0.05) is 13.1 Å². The number of nitrogens with zero attached hydrogens (tertiary/aromatic N) is 2. The molecule has 34 heavy (non-hydrogen) atoms. The first-order chi connectivity index (χ1) is 16.6. The number of methoxy groups -OCH3 is 4. The van der Waals surface area contributed by atoms with Crippen LogP contribution < -0.4 is 29.6 Å². The molecule has 4 rings (SSSR count). The molecule has 176 valence electrons. The smallest absolute Gasteiger partial charge is 0.170 e. The largest absolute Gasteiger partial charge is 0.493 e. The number of anilines is 2. The first-order valence-electron chi connectivity index (χ1n) is 10.8. The molecule has 0 unspecified atom stereocenters. The lowest BCUT2D eigenvalue weighted by molar-refractivity contribution is 0.354. The van der Waals surface area contributed by atoms with Crippen LogP contribution in [0.4, 0.5) is 11.6 Å². The zero-order valence-electron chi connectivity index (χ0n) is 19.7. The van der Waals surface area contributed by atoms with Gasteiger partial charge in [0.15, 0.2) is 34.6 Å². The van der Waals surface area contributed by atoms with Crippen molar-refractivity contribution in [3.05, 3.63) is 71.8 Å². The summed E-state index contributed by atoms with van der Waals surface area (Å²) in [6, 6.07) is 19.4. The van der Waals surface area contributed by atoms with E-state index in [0.29, 0.717) is 47.7 Å². The molecule has 0 aliphatic rings. The Morgan fingerprint density at radius 1 is 0.559 bits per heavy atom. The Labute approximate surface area is 198 Å². The van der Waals surface area contributed by atoms with E-state index in [1.807, 2.05) is 60.7 Å². The third kappa shape index (κ3) is 5.06. The third-order valence-electron chi connectivity index (χ3n) is 5.39. The molecule has 0 saturated heterocycles. The molecule has 0 atom stereocenters. The average molecular weight is 461 g/mol. The second-order valence-electron chi connectivity index (χ2n) is 7.50. The molecule has 0 aliphatic carbocycles. The molecule has 0 radical (unpaired) electrons. The molecule has 0 amide bonds. The van der Waals surface area contributed by atoms with Gasteiger partial charge in [0.25, 0.3) is 0 Å². The maximum absolute atomic E-state index is 5.42. The highest BCUT2D eigenvalue weighted by atomic mass is 16.5. The van der Waals surface area contributed by atoms with Crippen molar-refractivity contribution in [3.8, 4) is 23.0 Å². The number of ether oxygens (including phenoxy) is 4. The number of nitrogens with one attached hydrogen (secondary N) is 2. The number of benzene rings is 3. The fourth-order valence-corrected chi connectivity index (χ4v) is 3.60. The fraction of sp³-hybridized carbons (Fsp3) is 0.231. The quantitative estimate of drug-likeness (QED) is 0.346. The summed E-state index contributed by atoms with van der Waals surface area (Å²) in [5.41, 5.74) is 3.68. The molecule has 1 aromatic heterocycles. The molecule has 3 aromatic carbocycles. The van der Waals surface area contributed by atoms with Gasteiger partial charge >= 0.3 is 0 Å². The standard InChI is InChI=1S/C26H28N4O4/c1-31-21-11-9-17(13-23(21)33-3)15-27-25-26(30-20-8-6-5-7-19(20)29-25)28-16-18-10-12-22(32-2)24(14-18)34-4/h5-14H,15-16H2,1-4H3,(H,27,29)(H,28,30). The molecule has 1 heterocycles. The van der Waals surface area contributed by atoms with Crippen LogP contribution in [0.3, 0.4) is 0 Å². The highest BCUT2D eigenvalue weighted by Gasteiger charge is 2.11. The van der Waals surface area contributed by atoms with Crippen molar-refractivity contribution in [2.24, 2.45) is 0 Å². The van der Waals surface area contributed by atoms with E-state index in [1.165, 1.54) is 0 Å². The van der Waals surface area contributed by atoms with Crippen LogP contribution in [0.5, 0.6) is 23.0 Å². The zero-order chi connectivity index (χ0) is 23.9. The number of para-hydroxylation sites is 2. The van der Waals surface area contributed by atoms with Crippen LogP contribution in [0.2, 0.25) is 0 Å². The Balaban J connectivity index is 1.58. The van der Waals surface area contributed by atoms with Gasteiger partial charge in [-0.1, -0.05) is 24.3 Å². The molecular weight excluding hydrogens is 432 g/mol. The maximum Gasteiger partial charge on any atom is 0.170 e. The van der Waals surface area contributed by atoms with Gasteiger partial charge in [0.2, 0.25) is 0 Å². The van der Waals surface area contributed by atoms with Crippen molar-refractivity contribution in [2.75, 3.05) is 39.1 Å². The second-order valence-corrected chi connectivity index (χ2v) is 7.50. The number of fused-ring (bicyclic) bond motifs is 1. The van der Waals surface area contributed by atoms with Crippen LogP contribution in [-0.4, -0.2) is 38.4 Å². The van der Waals surface area contributed by atoms with Crippen LogP contribution in [0.25, 0.3) is 11.0 Å². The minimum Gasteiger partial charge on any atom is -0.493 e. The summed E-state index contributed by atoms with van der Waals surface area (Å²) in [7, 11) is 6.49. The summed E-state index contributed by atoms with van der Waals surface area (Å²) in [4.78, 5) is 9.61. The minimum absolute atomic E-state index is 0.540. The Morgan fingerprint density at radius 3 is 1.35 bits per heavy atom. The molecular formula is C26H28N4O4. The van der Waals surface area contributed by atoms with Crippen LogP contribution in [0.1, 0.15) is 11.1 Å². The maximum atomic E-state index is 5.42. The molecule has 0 fully saturated rings. The summed E-state index contributed by atoms with van der Waals surface area (Å²) in [5, 5.41) is 6.82. The van der Waals surface area contributed by atoms with Crippen molar-refractivity contribution in [1.82, 2.24) is 9.97 Å². The highest BCUT2D eigenvalue weighted by Crippen LogP contribution is 2.30. The lowest BCUT2D eigenvalue weighted by atomic mass is 10.2. The van der Waals surface area contributed by atoms with Gasteiger partial charge in [-0.25, -0.2) is 9.97 Å². The van der Waals surface area contributed by atoms with Crippen molar-refractivity contribution >= 4 is 22.7 Å². The predicted molar refractivity (Wildman–Crippen MR) is 133 cm³/mol. The van der Waals surface area contributed by atoms with E-state index >= 15 is 0 Å². The van der Waals surface area contributed by atoms with E-state index in [-0.39, 0.29) is 0 Å². The van der Waals surface area contributed by atoms with Gasteiger partial charge < -0.3 is 29.6 Å². The summed E-state index contributed by atoms with van der Waals surface area (Å²) in [6.45, 7) is 1.08. The van der Waals surface area contributed by atoms with E-state index in [9.17, 15) is 0 Å². The van der Waals surface area contributed by atoms with Crippen LogP contribution in [0.15, 0.2) is 60.7 Å². The number of hydrogen-bond donors (Lipinski definition) is 2. The van der Waals surface area contributed by atoms with Crippen molar-refractivity contribution in [1.29, 1.82) is 0 Å². The van der Waals surface area contributed by atoms with Crippen molar-refractivity contribution in [3.63, 3.8) is 0 Å². The molecule has 8 nitrogen and oxygen atoms in total. The fourth-order valence-electron chi connectivity index (χ4n) is 3.60. The number of rotatable bonds is 10. The Bertz CT molecular complexity index is 1180. The number of aromatic nitrogens is 2. The predicted octanol–water partition coefficient (Wildman–Crippen LogP) is 4.89. The highest BCUT2D eigenvalue weighted by molar-refractivity contribution is 5.80. The lowest BCUT2D eigenvalue weighted by Gasteiger charge is -2.15. The monoisotopic (exact) mass is 460 g/mol. The van der Waals surface area contributed by atoms with E-state index in [0.717, 1.165) is 22.2 Å². The summed E-state index contributed by atoms with van der Waals surface area (Å²) in [6.07, 6.45) is 0. The van der Waals surface area contributed by atoms with Crippen molar-refractivity contribution in [2.45, 2.75) is 13.1 Å². The summed E-state index contributed by atoms with van der Waals surface area (Å²) in [5.74, 6) is 4.06. The summed E-state index contributed by atoms with van der Waals surface area (Å²) < 4.78 is 21.5.